The summed E-state index contributed by atoms with van der Waals surface area (Å²) in [5.74, 6) is -0.994. The van der Waals surface area contributed by atoms with Gasteiger partial charge in [-0.3, -0.25) is 0 Å². The molecule has 0 aromatic heterocycles. The second-order valence-electron chi connectivity index (χ2n) is 6.79. The van der Waals surface area contributed by atoms with Crippen LogP contribution in [0.2, 0.25) is 0 Å². The molecule has 1 aliphatic heterocycles. The molecule has 1 heterocycles. The Morgan fingerprint density at radius 3 is 2.40 bits per heavy atom. The van der Waals surface area contributed by atoms with Gasteiger partial charge in [-0.1, -0.05) is 20.8 Å². The molecule has 0 aromatic carbocycles. The van der Waals surface area contributed by atoms with E-state index in [2.05, 4.69) is 10.2 Å². The molecule has 2 N–H and O–H groups in total. The first-order valence-electron chi connectivity index (χ1n) is 7.07. The quantitative estimate of drug-likeness (QED) is 0.818. The summed E-state index contributed by atoms with van der Waals surface area (Å²) in [5, 5.41) is 11.9. The number of hydrogen-bond donors (Lipinski definition) is 2. The van der Waals surface area contributed by atoms with E-state index in [1.165, 1.54) is 0 Å². The smallest absolute Gasteiger partial charge is 0.326 e. The second kappa shape index (κ2) is 6.43. The zero-order valence-corrected chi connectivity index (χ0v) is 13.1. The summed E-state index contributed by atoms with van der Waals surface area (Å²) < 4.78 is 0. The van der Waals surface area contributed by atoms with Crippen molar-refractivity contribution in [3.63, 3.8) is 0 Å². The highest BCUT2D eigenvalue weighted by molar-refractivity contribution is 5.83. The molecule has 6 heteroatoms. The van der Waals surface area contributed by atoms with Crippen LogP contribution in [0.25, 0.3) is 0 Å². The number of piperidine rings is 1. The van der Waals surface area contributed by atoms with Crippen LogP contribution in [0.4, 0.5) is 4.79 Å². The number of nitrogens with zero attached hydrogens (tertiary/aromatic N) is 2. The van der Waals surface area contributed by atoms with Crippen molar-refractivity contribution in [1.82, 2.24) is 15.1 Å². The van der Waals surface area contributed by atoms with Crippen molar-refractivity contribution >= 4 is 12.0 Å². The van der Waals surface area contributed by atoms with Crippen LogP contribution in [-0.2, 0) is 4.79 Å². The van der Waals surface area contributed by atoms with Gasteiger partial charge in [-0.25, -0.2) is 9.59 Å². The van der Waals surface area contributed by atoms with E-state index < -0.39 is 17.4 Å². The van der Waals surface area contributed by atoms with E-state index >= 15 is 0 Å². The third-order valence-corrected chi connectivity index (χ3v) is 3.79. The van der Waals surface area contributed by atoms with Crippen molar-refractivity contribution in [2.24, 2.45) is 5.41 Å². The van der Waals surface area contributed by atoms with Crippen molar-refractivity contribution in [2.75, 3.05) is 27.2 Å². The second-order valence-corrected chi connectivity index (χ2v) is 6.79. The fourth-order valence-electron chi connectivity index (χ4n) is 2.42. The summed E-state index contributed by atoms with van der Waals surface area (Å²) in [6, 6.07) is -0.818. The largest absolute Gasteiger partial charge is 0.480 e. The molecule has 0 aliphatic carbocycles. The monoisotopic (exact) mass is 285 g/mol. The molecule has 0 saturated carbocycles. The van der Waals surface area contributed by atoms with Crippen LogP contribution in [0, 0.1) is 5.41 Å². The van der Waals surface area contributed by atoms with E-state index in [0.29, 0.717) is 19.1 Å². The van der Waals surface area contributed by atoms with E-state index in [0.717, 1.165) is 12.8 Å². The topological polar surface area (TPSA) is 72.9 Å². The average Bonchev–Trinajstić information content (AvgIpc) is 2.33. The molecule has 0 spiro atoms. The summed E-state index contributed by atoms with van der Waals surface area (Å²) in [6.45, 7) is 6.77. The SMILES string of the molecule is CN(C)C1CCCN(C(=O)N[C@H](C(=O)O)C(C)(C)C)C1. The first-order chi connectivity index (χ1) is 9.12. The fraction of sp³-hybridized carbons (Fsp3) is 0.857. The predicted octanol–water partition coefficient (Wildman–Crippen LogP) is 1.22. The number of urea groups is 1. The number of carbonyl (C=O) groups is 2. The van der Waals surface area contributed by atoms with Gasteiger partial charge >= 0.3 is 12.0 Å². The van der Waals surface area contributed by atoms with Crippen LogP contribution < -0.4 is 5.32 Å². The summed E-state index contributed by atoms with van der Waals surface area (Å²) in [5.41, 5.74) is -0.516. The normalized spacial score (nSPS) is 21.7. The molecule has 0 radical (unpaired) electrons. The number of hydrogen-bond acceptors (Lipinski definition) is 3. The van der Waals surface area contributed by atoms with Crippen molar-refractivity contribution in [2.45, 2.75) is 45.7 Å². The lowest BCUT2D eigenvalue weighted by Gasteiger charge is -2.37. The van der Waals surface area contributed by atoms with Crippen LogP contribution in [0.1, 0.15) is 33.6 Å². The number of carbonyl (C=O) groups excluding carboxylic acids is 1. The standard InChI is InChI=1S/C14H27N3O3/c1-14(2,3)11(12(18)19)15-13(20)17-8-6-7-10(9-17)16(4)5/h10-11H,6-9H2,1-5H3,(H,15,20)(H,18,19)/t10?,11-/m1/s1. The highest BCUT2D eigenvalue weighted by Crippen LogP contribution is 2.20. The number of carboxylic acids is 1. The van der Waals surface area contributed by atoms with Gasteiger partial charge in [0.2, 0.25) is 0 Å². The number of nitrogens with one attached hydrogen (secondary N) is 1. The summed E-state index contributed by atoms with van der Waals surface area (Å²) >= 11 is 0. The van der Waals surface area contributed by atoms with Gasteiger partial charge in [-0.2, -0.15) is 0 Å². The molecule has 1 rings (SSSR count). The van der Waals surface area contributed by atoms with E-state index in [1.54, 1.807) is 4.90 Å². The van der Waals surface area contributed by atoms with E-state index in [4.69, 9.17) is 0 Å². The zero-order chi connectivity index (χ0) is 15.5. The molecule has 116 valence electrons. The Hall–Kier alpha value is -1.30. The molecule has 1 saturated heterocycles. The van der Waals surface area contributed by atoms with Gasteiger partial charge in [0.1, 0.15) is 6.04 Å². The average molecular weight is 285 g/mol. The van der Waals surface area contributed by atoms with Gasteiger partial charge in [0.15, 0.2) is 0 Å². The van der Waals surface area contributed by atoms with Crippen LogP contribution in [-0.4, -0.2) is 66.2 Å². The minimum absolute atomic E-state index is 0.279. The maximum absolute atomic E-state index is 12.3. The highest BCUT2D eigenvalue weighted by Gasteiger charge is 2.34. The minimum Gasteiger partial charge on any atom is -0.480 e. The number of rotatable bonds is 3. The fourth-order valence-corrected chi connectivity index (χ4v) is 2.42. The Morgan fingerprint density at radius 1 is 1.35 bits per heavy atom. The molecule has 2 amide bonds. The number of likely N-dealkylation sites (tertiary alicyclic amines) is 1. The molecule has 20 heavy (non-hydrogen) atoms. The van der Waals surface area contributed by atoms with Gasteiger partial charge in [-0.05, 0) is 32.4 Å². The lowest BCUT2D eigenvalue weighted by molar-refractivity contribution is -0.142. The molecule has 1 aliphatic rings. The molecule has 1 fully saturated rings. The van der Waals surface area contributed by atoms with E-state index in [9.17, 15) is 14.7 Å². The Balaban J connectivity index is 2.67. The molecule has 1 unspecified atom stereocenters. The Morgan fingerprint density at radius 2 is 1.95 bits per heavy atom. The first-order valence-corrected chi connectivity index (χ1v) is 7.07. The summed E-state index contributed by atoms with van der Waals surface area (Å²) in [6.07, 6.45) is 2.02. The molecule has 0 bridgehead atoms. The molecular formula is C14H27N3O3. The predicted molar refractivity (Wildman–Crippen MR) is 77.7 cm³/mol. The minimum atomic E-state index is -0.994. The van der Waals surface area contributed by atoms with Gasteiger partial charge in [-0.15, -0.1) is 0 Å². The molecule has 0 aromatic rings. The van der Waals surface area contributed by atoms with Gasteiger partial charge in [0.25, 0.3) is 0 Å². The summed E-state index contributed by atoms with van der Waals surface area (Å²) in [4.78, 5) is 27.4. The third-order valence-electron chi connectivity index (χ3n) is 3.79. The number of likely N-dealkylation sites (N-methyl/N-ethyl adjacent to an activating group) is 1. The Bertz CT molecular complexity index is 363. The van der Waals surface area contributed by atoms with Gasteiger partial charge in [0, 0.05) is 19.1 Å². The highest BCUT2D eigenvalue weighted by atomic mass is 16.4. The maximum Gasteiger partial charge on any atom is 0.326 e. The maximum atomic E-state index is 12.3. The summed E-state index contributed by atoms with van der Waals surface area (Å²) in [7, 11) is 4.00. The van der Waals surface area contributed by atoms with Crippen LogP contribution in [0.15, 0.2) is 0 Å². The molecule has 6 nitrogen and oxygen atoms in total. The Labute approximate surface area is 121 Å². The third kappa shape index (κ3) is 4.37. The zero-order valence-electron chi connectivity index (χ0n) is 13.1. The van der Waals surface area contributed by atoms with Crippen LogP contribution in [0.5, 0.6) is 0 Å². The van der Waals surface area contributed by atoms with Gasteiger partial charge < -0.3 is 20.2 Å². The number of aliphatic carboxylic acids is 1. The van der Waals surface area contributed by atoms with Crippen molar-refractivity contribution in [3.05, 3.63) is 0 Å². The lowest BCUT2D eigenvalue weighted by Crippen LogP contribution is -2.56. The van der Waals surface area contributed by atoms with Crippen LogP contribution in [0.3, 0.4) is 0 Å². The lowest BCUT2D eigenvalue weighted by atomic mass is 9.87. The van der Waals surface area contributed by atoms with E-state index in [-0.39, 0.29) is 6.03 Å². The molecular weight excluding hydrogens is 258 g/mol. The number of amides is 2. The van der Waals surface area contributed by atoms with Crippen LogP contribution >= 0.6 is 0 Å². The first kappa shape index (κ1) is 16.8. The van der Waals surface area contributed by atoms with Crippen molar-refractivity contribution in [1.29, 1.82) is 0 Å². The number of carboxylic acid groups (broad SMARTS) is 1. The molecule has 2 atom stereocenters. The van der Waals surface area contributed by atoms with E-state index in [1.807, 2.05) is 34.9 Å². The van der Waals surface area contributed by atoms with Crippen molar-refractivity contribution < 1.29 is 14.7 Å². The van der Waals surface area contributed by atoms with Crippen molar-refractivity contribution in [3.8, 4) is 0 Å². The Kier molecular flexibility index (Phi) is 5.39. The van der Waals surface area contributed by atoms with Gasteiger partial charge in [0.05, 0.1) is 0 Å².